The Kier molecular flexibility index (Phi) is 3.35. The molecule has 3 aromatic heterocycles. The Hall–Kier alpha value is -2.73. The minimum atomic E-state index is 0.193. The number of aromatic nitrogens is 3. The lowest BCUT2D eigenvalue weighted by Gasteiger charge is -2.09. The van der Waals surface area contributed by atoms with Crippen molar-refractivity contribution in [1.29, 1.82) is 0 Å². The average Bonchev–Trinajstić information content (AvgIpc) is 2.90. The fourth-order valence-corrected chi connectivity index (χ4v) is 4.07. The maximum atomic E-state index is 10.1. The van der Waals surface area contributed by atoms with E-state index in [9.17, 15) is 5.11 Å². The summed E-state index contributed by atoms with van der Waals surface area (Å²) in [5.74, 6) is 0.875. The Morgan fingerprint density at radius 3 is 2.75 bits per heavy atom. The molecule has 0 radical (unpaired) electrons. The molecule has 3 heterocycles. The van der Waals surface area contributed by atoms with Gasteiger partial charge in [-0.2, -0.15) is 0 Å². The molecule has 120 valence electrons. The van der Waals surface area contributed by atoms with Crippen molar-refractivity contribution in [2.75, 3.05) is 5.32 Å². The molecule has 0 aliphatic heterocycles. The first-order chi connectivity index (χ1) is 11.5. The molecule has 1 aromatic carbocycles. The molecule has 0 unspecified atom stereocenters. The zero-order chi connectivity index (χ0) is 16.8. The Morgan fingerprint density at radius 1 is 1.08 bits per heavy atom. The summed E-state index contributed by atoms with van der Waals surface area (Å²) in [7, 11) is 0. The smallest absolute Gasteiger partial charge is 0.152 e. The molecule has 0 aliphatic carbocycles. The van der Waals surface area contributed by atoms with Gasteiger partial charge in [0.15, 0.2) is 5.82 Å². The zero-order valence-electron chi connectivity index (χ0n) is 13.6. The number of phenols is 1. The Morgan fingerprint density at radius 2 is 1.92 bits per heavy atom. The third kappa shape index (κ3) is 2.35. The minimum Gasteiger partial charge on any atom is -0.506 e. The quantitative estimate of drug-likeness (QED) is 0.523. The molecule has 0 amide bonds. The molecule has 5 nitrogen and oxygen atoms in total. The number of thiophene rings is 1. The van der Waals surface area contributed by atoms with Crippen LogP contribution < -0.4 is 5.32 Å². The van der Waals surface area contributed by atoms with Crippen molar-refractivity contribution in [2.45, 2.75) is 20.8 Å². The fraction of sp³-hybridized carbons (Fsp3) is 0.167. The van der Waals surface area contributed by atoms with Gasteiger partial charge in [0.05, 0.1) is 15.9 Å². The van der Waals surface area contributed by atoms with Crippen molar-refractivity contribution in [3.63, 3.8) is 0 Å². The van der Waals surface area contributed by atoms with Gasteiger partial charge in [-0.3, -0.25) is 0 Å². The van der Waals surface area contributed by atoms with Gasteiger partial charge in [0.25, 0.3) is 0 Å². The number of phenolic OH excluding ortho intramolecular Hbond substituents is 1. The van der Waals surface area contributed by atoms with Crippen LogP contribution in [0.4, 0.5) is 11.5 Å². The van der Waals surface area contributed by atoms with Gasteiger partial charge in [0, 0.05) is 11.1 Å². The highest BCUT2D eigenvalue weighted by Crippen LogP contribution is 2.38. The second kappa shape index (κ2) is 5.42. The standard InChI is InChI=1S/C18H16N4OS/c1-9-4-5-13(23)12(6-9)22-17-16-15(19-8-20-17)14-10(2)7-11(3)21-18(14)24-16/h4-8,23H,1-3H3,(H,19,20,22). The first-order valence-electron chi connectivity index (χ1n) is 7.61. The highest BCUT2D eigenvalue weighted by atomic mass is 32.1. The summed E-state index contributed by atoms with van der Waals surface area (Å²) in [6, 6.07) is 7.50. The summed E-state index contributed by atoms with van der Waals surface area (Å²) < 4.78 is 0.939. The van der Waals surface area contributed by atoms with Gasteiger partial charge in [0.1, 0.15) is 16.9 Å². The van der Waals surface area contributed by atoms with Crippen LogP contribution in [0.3, 0.4) is 0 Å². The van der Waals surface area contributed by atoms with Gasteiger partial charge >= 0.3 is 0 Å². The maximum Gasteiger partial charge on any atom is 0.152 e. The number of benzene rings is 1. The summed E-state index contributed by atoms with van der Waals surface area (Å²) in [5.41, 5.74) is 4.74. The van der Waals surface area contributed by atoms with Gasteiger partial charge in [-0.25, -0.2) is 15.0 Å². The largest absolute Gasteiger partial charge is 0.506 e. The van der Waals surface area contributed by atoms with Crippen LogP contribution in [0.15, 0.2) is 30.6 Å². The van der Waals surface area contributed by atoms with Crippen molar-refractivity contribution in [2.24, 2.45) is 0 Å². The molecule has 0 atom stereocenters. The van der Waals surface area contributed by atoms with E-state index in [-0.39, 0.29) is 5.75 Å². The SMILES string of the molecule is Cc1ccc(O)c(Nc2ncnc3c2sc2nc(C)cc(C)c23)c1. The van der Waals surface area contributed by atoms with Crippen molar-refractivity contribution in [1.82, 2.24) is 15.0 Å². The minimum absolute atomic E-state index is 0.193. The molecule has 0 fully saturated rings. The number of anilines is 2. The maximum absolute atomic E-state index is 10.1. The van der Waals surface area contributed by atoms with E-state index < -0.39 is 0 Å². The topological polar surface area (TPSA) is 70.9 Å². The zero-order valence-corrected chi connectivity index (χ0v) is 14.4. The molecule has 0 saturated heterocycles. The number of aryl methyl sites for hydroxylation is 3. The van der Waals surface area contributed by atoms with Crippen LogP contribution in [-0.4, -0.2) is 20.1 Å². The van der Waals surface area contributed by atoms with Gasteiger partial charge in [-0.1, -0.05) is 6.07 Å². The number of nitrogens with zero attached hydrogens (tertiary/aromatic N) is 3. The lowest BCUT2D eigenvalue weighted by molar-refractivity contribution is 0.477. The van der Waals surface area contributed by atoms with Crippen LogP contribution in [0.5, 0.6) is 5.75 Å². The van der Waals surface area contributed by atoms with E-state index in [4.69, 9.17) is 0 Å². The first kappa shape index (κ1) is 14.8. The normalized spacial score (nSPS) is 11.3. The number of fused-ring (bicyclic) bond motifs is 3. The summed E-state index contributed by atoms with van der Waals surface area (Å²) >= 11 is 1.57. The second-order valence-electron chi connectivity index (χ2n) is 5.91. The summed E-state index contributed by atoms with van der Waals surface area (Å²) in [6.07, 6.45) is 1.54. The second-order valence-corrected chi connectivity index (χ2v) is 6.91. The molecular formula is C18H16N4OS. The predicted molar refractivity (Wildman–Crippen MR) is 98.3 cm³/mol. The van der Waals surface area contributed by atoms with Crippen LogP contribution in [0.25, 0.3) is 20.4 Å². The molecule has 0 spiro atoms. The molecule has 0 aliphatic rings. The van der Waals surface area contributed by atoms with Gasteiger partial charge < -0.3 is 10.4 Å². The highest BCUT2D eigenvalue weighted by Gasteiger charge is 2.15. The van der Waals surface area contributed by atoms with E-state index in [0.29, 0.717) is 11.5 Å². The number of rotatable bonds is 2. The molecule has 6 heteroatoms. The van der Waals surface area contributed by atoms with Crippen molar-refractivity contribution < 1.29 is 5.11 Å². The van der Waals surface area contributed by atoms with Crippen LogP contribution in [0.1, 0.15) is 16.8 Å². The summed E-state index contributed by atoms with van der Waals surface area (Å²) in [4.78, 5) is 14.4. The third-order valence-electron chi connectivity index (χ3n) is 3.96. The van der Waals surface area contributed by atoms with Crippen LogP contribution >= 0.6 is 11.3 Å². The highest BCUT2D eigenvalue weighted by molar-refractivity contribution is 7.26. The molecule has 0 bridgehead atoms. The molecule has 24 heavy (non-hydrogen) atoms. The molecule has 0 saturated carbocycles. The number of pyridine rings is 1. The number of hydrogen-bond donors (Lipinski definition) is 2. The van der Waals surface area contributed by atoms with Crippen molar-refractivity contribution in [3.05, 3.63) is 47.4 Å². The summed E-state index contributed by atoms with van der Waals surface area (Å²) in [5, 5.41) is 14.4. The Bertz CT molecular complexity index is 1090. The van der Waals surface area contributed by atoms with E-state index in [1.165, 1.54) is 0 Å². The van der Waals surface area contributed by atoms with E-state index in [0.717, 1.165) is 37.3 Å². The third-order valence-corrected chi connectivity index (χ3v) is 5.04. The number of aromatic hydroxyl groups is 1. The van der Waals surface area contributed by atoms with E-state index in [1.54, 1.807) is 23.7 Å². The molecule has 4 rings (SSSR count). The van der Waals surface area contributed by atoms with Crippen LogP contribution in [0.2, 0.25) is 0 Å². The molecular weight excluding hydrogens is 320 g/mol. The Labute approximate surface area is 143 Å². The van der Waals surface area contributed by atoms with Crippen molar-refractivity contribution >= 4 is 43.3 Å². The van der Waals surface area contributed by atoms with Gasteiger partial charge in [-0.15, -0.1) is 11.3 Å². The monoisotopic (exact) mass is 336 g/mol. The fourth-order valence-electron chi connectivity index (χ4n) is 2.88. The van der Waals surface area contributed by atoms with Crippen molar-refractivity contribution in [3.8, 4) is 5.75 Å². The lowest BCUT2D eigenvalue weighted by Crippen LogP contribution is -1.95. The first-order valence-corrected chi connectivity index (χ1v) is 8.42. The predicted octanol–water partition coefficient (Wildman–Crippen LogP) is 4.61. The lowest BCUT2D eigenvalue weighted by atomic mass is 10.1. The molecule has 2 N–H and O–H groups in total. The van der Waals surface area contributed by atoms with E-state index in [1.807, 2.05) is 26.0 Å². The Balaban J connectivity index is 1.93. The number of hydrogen-bond acceptors (Lipinski definition) is 6. The van der Waals surface area contributed by atoms with Crippen LogP contribution in [0, 0.1) is 20.8 Å². The number of nitrogens with one attached hydrogen (secondary N) is 1. The van der Waals surface area contributed by atoms with E-state index in [2.05, 4.69) is 33.3 Å². The summed E-state index contributed by atoms with van der Waals surface area (Å²) in [6.45, 7) is 6.05. The average molecular weight is 336 g/mol. The van der Waals surface area contributed by atoms with Gasteiger partial charge in [0.2, 0.25) is 0 Å². The van der Waals surface area contributed by atoms with E-state index >= 15 is 0 Å². The molecule has 4 aromatic rings. The van der Waals surface area contributed by atoms with Crippen LogP contribution in [-0.2, 0) is 0 Å². The van der Waals surface area contributed by atoms with Gasteiger partial charge in [-0.05, 0) is 50.1 Å².